The van der Waals surface area contributed by atoms with E-state index in [0.717, 1.165) is 5.56 Å². The van der Waals surface area contributed by atoms with Crippen molar-refractivity contribution in [1.82, 2.24) is 0 Å². The Morgan fingerprint density at radius 2 is 1.75 bits per heavy atom. The lowest BCUT2D eigenvalue weighted by Crippen LogP contribution is -2.09. The molecule has 0 aliphatic carbocycles. The van der Waals surface area contributed by atoms with Crippen molar-refractivity contribution in [3.8, 4) is 0 Å². The Morgan fingerprint density at radius 1 is 1.06 bits per heavy atom. The number of nitrogens with two attached hydrogens (primary N) is 1. The normalized spacial score (nSPS) is 12.0. The van der Waals surface area contributed by atoms with Crippen molar-refractivity contribution in [1.29, 1.82) is 0 Å². The second kappa shape index (κ2) is 3.40. The number of rotatable bonds is 0. The van der Waals surface area contributed by atoms with Gasteiger partial charge in [0.1, 0.15) is 0 Å². The van der Waals surface area contributed by atoms with Crippen LogP contribution < -0.4 is 5.73 Å². The van der Waals surface area contributed by atoms with E-state index in [2.05, 4.69) is 0 Å². The molecule has 2 aromatic carbocycles. The van der Waals surface area contributed by atoms with Gasteiger partial charge in [-0.2, -0.15) is 13.2 Å². The number of nitrogen functional groups attached to an aromatic ring is 1. The lowest BCUT2D eigenvalue weighted by molar-refractivity contribution is -0.135. The van der Waals surface area contributed by atoms with Crippen molar-refractivity contribution in [3.63, 3.8) is 0 Å². The molecule has 0 aliphatic rings. The van der Waals surface area contributed by atoms with E-state index in [0.29, 0.717) is 5.39 Å². The minimum Gasteiger partial charge on any atom is -0.398 e. The Bertz CT molecular complexity index is 544. The van der Waals surface area contributed by atoms with Crippen molar-refractivity contribution >= 4 is 16.5 Å². The zero-order valence-electron chi connectivity index (χ0n) is 8.60. The molecule has 84 valence electrons. The van der Waals surface area contributed by atoms with E-state index in [-0.39, 0.29) is 11.1 Å². The summed E-state index contributed by atoms with van der Waals surface area (Å²) in [5.74, 6) is 0. The molecule has 0 spiro atoms. The highest BCUT2D eigenvalue weighted by molar-refractivity contribution is 5.90. The Kier molecular flexibility index (Phi) is 2.30. The quantitative estimate of drug-likeness (QED) is 0.679. The molecule has 0 aliphatic heterocycles. The summed E-state index contributed by atoms with van der Waals surface area (Å²) in [6.45, 7) is 1.84. The number of hydrogen-bond acceptors (Lipinski definition) is 1. The van der Waals surface area contributed by atoms with Crippen molar-refractivity contribution in [2.24, 2.45) is 0 Å². The lowest BCUT2D eigenvalue weighted by Gasteiger charge is -2.13. The molecule has 0 radical (unpaired) electrons. The van der Waals surface area contributed by atoms with Gasteiger partial charge >= 0.3 is 6.18 Å². The summed E-state index contributed by atoms with van der Waals surface area (Å²) in [7, 11) is 0. The summed E-state index contributed by atoms with van der Waals surface area (Å²) in [5.41, 5.74) is 5.33. The second-order valence-electron chi connectivity index (χ2n) is 3.75. The summed E-state index contributed by atoms with van der Waals surface area (Å²) in [6, 6.07) is 7.72. The predicted octanol–water partition coefficient (Wildman–Crippen LogP) is 3.75. The van der Waals surface area contributed by atoms with Crippen LogP contribution in [0.1, 0.15) is 11.1 Å². The standard InChI is InChI=1S/C12H10F3N/c1-7-2-4-9-8(6-7)3-5-10(16)11(9)12(13,14)15/h2-6H,16H2,1H3. The van der Waals surface area contributed by atoms with Gasteiger partial charge in [-0.25, -0.2) is 0 Å². The zero-order chi connectivity index (χ0) is 11.9. The molecule has 1 nitrogen and oxygen atoms in total. The second-order valence-corrected chi connectivity index (χ2v) is 3.75. The molecule has 2 aromatic rings. The summed E-state index contributed by atoms with van der Waals surface area (Å²) in [6.07, 6.45) is -4.42. The third-order valence-corrected chi connectivity index (χ3v) is 2.49. The van der Waals surface area contributed by atoms with Gasteiger partial charge in [0.05, 0.1) is 5.56 Å². The molecule has 0 fully saturated rings. The minimum atomic E-state index is -4.42. The summed E-state index contributed by atoms with van der Waals surface area (Å²) in [5, 5.41) is 0.708. The van der Waals surface area contributed by atoms with Crippen molar-refractivity contribution in [2.45, 2.75) is 13.1 Å². The number of anilines is 1. The third-order valence-electron chi connectivity index (χ3n) is 2.49. The number of benzene rings is 2. The molecule has 0 atom stereocenters. The fraction of sp³-hybridized carbons (Fsp3) is 0.167. The van der Waals surface area contributed by atoms with Crippen LogP contribution in [-0.4, -0.2) is 0 Å². The van der Waals surface area contributed by atoms with Gasteiger partial charge in [0.15, 0.2) is 0 Å². The maximum atomic E-state index is 12.8. The fourth-order valence-electron chi connectivity index (χ4n) is 1.78. The lowest BCUT2D eigenvalue weighted by atomic mass is 10.0. The highest BCUT2D eigenvalue weighted by Crippen LogP contribution is 2.38. The van der Waals surface area contributed by atoms with E-state index < -0.39 is 11.7 Å². The molecule has 4 heteroatoms. The van der Waals surface area contributed by atoms with Gasteiger partial charge in [0.2, 0.25) is 0 Å². The predicted molar refractivity (Wildman–Crippen MR) is 58.1 cm³/mol. The topological polar surface area (TPSA) is 26.0 Å². The van der Waals surface area contributed by atoms with Crippen LogP contribution in [0.15, 0.2) is 30.3 Å². The molecule has 0 unspecified atom stereocenters. The first-order valence-corrected chi connectivity index (χ1v) is 4.75. The Hall–Kier alpha value is -1.71. The Balaban J connectivity index is 2.85. The van der Waals surface area contributed by atoms with E-state index >= 15 is 0 Å². The van der Waals surface area contributed by atoms with Crippen LogP contribution in [0, 0.1) is 6.92 Å². The molecule has 0 aromatic heterocycles. The third kappa shape index (κ3) is 1.71. The minimum absolute atomic E-state index is 0.151. The highest BCUT2D eigenvalue weighted by atomic mass is 19.4. The maximum absolute atomic E-state index is 12.8. The van der Waals surface area contributed by atoms with Crippen molar-refractivity contribution in [3.05, 3.63) is 41.5 Å². The van der Waals surface area contributed by atoms with Gasteiger partial charge in [-0.05, 0) is 23.8 Å². The zero-order valence-corrected chi connectivity index (χ0v) is 8.60. The first-order valence-electron chi connectivity index (χ1n) is 4.75. The molecule has 2 N–H and O–H groups in total. The number of alkyl halides is 3. The van der Waals surface area contributed by atoms with Crippen molar-refractivity contribution < 1.29 is 13.2 Å². The molecule has 0 saturated heterocycles. The first kappa shape index (κ1) is 10.8. The first-order chi connectivity index (χ1) is 7.39. The van der Waals surface area contributed by atoms with Crippen LogP contribution >= 0.6 is 0 Å². The Morgan fingerprint density at radius 3 is 2.38 bits per heavy atom. The molecular weight excluding hydrogens is 215 g/mol. The molecule has 16 heavy (non-hydrogen) atoms. The smallest absolute Gasteiger partial charge is 0.398 e. The van der Waals surface area contributed by atoms with Gasteiger partial charge in [-0.3, -0.25) is 0 Å². The number of fused-ring (bicyclic) bond motifs is 1. The largest absolute Gasteiger partial charge is 0.418 e. The van der Waals surface area contributed by atoms with Crippen LogP contribution in [-0.2, 0) is 6.18 Å². The van der Waals surface area contributed by atoms with Gasteiger partial charge in [0.25, 0.3) is 0 Å². The Labute approximate surface area is 90.7 Å². The van der Waals surface area contributed by atoms with E-state index in [1.807, 2.05) is 6.92 Å². The van der Waals surface area contributed by atoms with Crippen LogP contribution in [0.3, 0.4) is 0 Å². The van der Waals surface area contributed by atoms with Crippen LogP contribution in [0.4, 0.5) is 18.9 Å². The summed E-state index contributed by atoms with van der Waals surface area (Å²) in [4.78, 5) is 0. The fourth-order valence-corrected chi connectivity index (χ4v) is 1.78. The SMILES string of the molecule is Cc1ccc2c(C(F)(F)F)c(N)ccc2c1. The van der Waals surface area contributed by atoms with Crippen LogP contribution in [0.2, 0.25) is 0 Å². The summed E-state index contributed by atoms with van der Waals surface area (Å²) >= 11 is 0. The summed E-state index contributed by atoms with van der Waals surface area (Å²) < 4.78 is 38.4. The average Bonchev–Trinajstić information content (AvgIpc) is 2.16. The number of hydrogen-bond donors (Lipinski definition) is 1. The van der Waals surface area contributed by atoms with Gasteiger partial charge in [0, 0.05) is 5.69 Å². The van der Waals surface area contributed by atoms with Crippen LogP contribution in [0.5, 0.6) is 0 Å². The maximum Gasteiger partial charge on any atom is 0.418 e. The van der Waals surface area contributed by atoms with E-state index in [4.69, 9.17) is 5.73 Å². The van der Waals surface area contributed by atoms with Gasteiger partial charge in [-0.15, -0.1) is 0 Å². The monoisotopic (exact) mass is 225 g/mol. The molecule has 0 amide bonds. The van der Waals surface area contributed by atoms with E-state index in [1.165, 1.54) is 12.1 Å². The van der Waals surface area contributed by atoms with Gasteiger partial charge < -0.3 is 5.73 Å². The molecule has 2 rings (SSSR count). The van der Waals surface area contributed by atoms with Crippen LogP contribution in [0.25, 0.3) is 10.8 Å². The van der Waals surface area contributed by atoms with E-state index in [9.17, 15) is 13.2 Å². The molecule has 0 heterocycles. The molecule has 0 saturated carbocycles. The van der Waals surface area contributed by atoms with Crippen molar-refractivity contribution in [2.75, 3.05) is 5.73 Å². The van der Waals surface area contributed by atoms with Gasteiger partial charge in [-0.1, -0.05) is 29.8 Å². The number of aryl methyl sites for hydroxylation is 1. The van der Waals surface area contributed by atoms with E-state index in [1.54, 1.807) is 18.2 Å². The highest BCUT2D eigenvalue weighted by Gasteiger charge is 2.34. The molecule has 0 bridgehead atoms. The molecular formula is C12H10F3N. The number of halogens is 3. The average molecular weight is 225 g/mol.